The SMILES string of the molecule is CC(C)/C(=C/c1cc(F)ccc1Br)CNC1CC1. The molecule has 3 heteroatoms. The van der Waals surface area contributed by atoms with Crippen LogP contribution in [0, 0.1) is 11.7 Å². The van der Waals surface area contributed by atoms with Crippen LogP contribution in [-0.2, 0) is 0 Å². The molecule has 1 aliphatic carbocycles. The molecule has 0 amide bonds. The van der Waals surface area contributed by atoms with Crippen LogP contribution < -0.4 is 5.32 Å². The fourth-order valence-corrected chi connectivity index (χ4v) is 2.16. The molecule has 0 radical (unpaired) electrons. The third kappa shape index (κ3) is 3.92. The maximum Gasteiger partial charge on any atom is 0.123 e. The van der Waals surface area contributed by atoms with E-state index in [-0.39, 0.29) is 5.82 Å². The van der Waals surface area contributed by atoms with Gasteiger partial charge in [0.2, 0.25) is 0 Å². The highest BCUT2D eigenvalue weighted by Crippen LogP contribution is 2.24. The van der Waals surface area contributed by atoms with Crippen molar-refractivity contribution in [3.8, 4) is 0 Å². The predicted molar refractivity (Wildman–Crippen MR) is 77.9 cm³/mol. The Labute approximate surface area is 117 Å². The summed E-state index contributed by atoms with van der Waals surface area (Å²) < 4.78 is 14.2. The average Bonchev–Trinajstić information content (AvgIpc) is 3.12. The van der Waals surface area contributed by atoms with E-state index in [1.165, 1.54) is 24.5 Å². The molecule has 0 spiro atoms. The summed E-state index contributed by atoms with van der Waals surface area (Å²) in [5, 5.41) is 3.52. The number of hydrogen-bond acceptors (Lipinski definition) is 1. The highest BCUT2D eigenvalue weighted by atomic mass is 79.9. The second kappa shape index (κ2) is 5.98. The maximum absolute atomic E-state index is 13.3. The molecular formula is C15H19BrFN. The van der Waals surface area contributed by atoms with Gasteiger partial charge < -0.3 is 5.32 Å². The molecule has 0 atom stereocenters. The Bertz CT molecular complexity index is 450. The summed E-state index contributed by atoms with van der Waals surface area (Å²) in [4.78, 5) is 0. The van der Waals surface area contributed by atoms with Gasteiger partial charge >= 0.3 is 0 Å². The van der Waals surface area contributed by atoms with Crippen molar-refractivity contribution in [1.82, 2.24) is 5.32 Å². The molecule has 1 nitrogen and oxygen atoms in total. The number of rotatable bonds is 5. The number of hydrogen-bond donors (Lipinski definition) is 1. The van der Waals surface area contributed by atoms with Crippen molar-refractivity contribution < 1.29 is 4.39 Å². The van der Waals surface area contributed by atoms with Crippen molar-refractivity contribution in [2.45, 2.75) is 32.7 Å². The van der Waals surface area contributed by atoms with Crippen LogP contribution in [0.1, 0.15) is 32.3 Å². The molecule has 1 N–H and O–H groups in total. The molecule has 0 bridgehead atoms. The Kier molecular flexibility index (Phi) is 4.57. The van der Waals surface area contributed by atoms with E-state index >= 15 is 0 Å². The molecule has 18 heavy (non-hydrogen) atoms. The molecule has 1 aliphatic rings. The van der Waals surface area contributed by atoms with Gasteiger partial charge in [0.1, 0.15) is 5.82 Å². The van der Waals surface area contributed by atoms with E-state index in [4.69, 9.17) is 0 Å². The zero-order chi connectivity index (χ0) is 13.1. The maximum atomic E-state index is 13.3. The fourth-order valence-electron chi connectivity index (χ4n) is 1.80. The Morgan fingerprint density at radius 1 is 1.50 bits per heavy atom. The van der Waals surface area contributed by atoms with Crippen LogP contribution in [0.4, 0.5) is 4.39 Å². The zero-order valence-corrected chi connectivity index (χ0v) is 12.4. The monoisotopic (exact) mass is 311 g/mol. The van der Waals surface area contributed by atoms with Gasteiger partial charge in [0, 0.05) is 17.1 Å². The third-order valence-corrected chi connectivity index (χ3v) is 3.93. The zero-order valence-electron chi connectivity index (χ0n) is 10.8. The first-order valence-electron chi connectivity index (χ1n) is 6.45. The Morgan fingerprint density at radius 3 is 2.83 bits per heavy atom. The van der Waals surface area contributed by atoms with Gasteiger partial charge in [-0.2, -0.15) is 0 Å². The second-order valence-corrected chi connectivity index (χ2v) is 6.05. The molecule has 1 aromatic carbocycles. The first-order valence-corrected chi connectivity index (χ1v) is 7.24. The standard InChI is InChI=1S/C15H19BrFN/c1-10(2)12(9-18-14-4-5-14)7-11-8-13(17)3-6-15(11)16/h3,6-8,10,14,18H,4-5,9H2,1-2H3/b12-7+. The van der Waals surface area contributed by atoms with Crippen molar-refractivity contribution >= 4 is 22.0 Å². The van der Waals surface area contributed by atoms with E-state index in [1.807, 2.05) is 0 Å². The van der Waals surface area contributed by atoms with Crippen LogP contribution in [0.25, 0.3) is 6.08 Å². The lowest BCUT2D eigenvalue weighted by molar-refractivity contribution is 0.627. The van der Waals surface area contributed by atoms with Gasteiger partial charge in [-0.05, 0) is 42.5 Å². The quantitative estimate of drug-likeness (QED) is 0.851. The summed E-state index contributed by atoms with van der Waals surface area (Å²) in [6.45, 7) is 5.24. The number of benzene rings is 1. The number of nitrogens with one attached hydrogen (secondary N) is 1. The molecule has 0 unspecified atom stereocenters. The minimum Gasteiger partial charge on any atom is -0.310 e. The van der Waals surface area contributed by atoms with E-state index < -0.39 is 0 Å². The lowest BCUT2D eigenvalue weighted by Crippen LogP contribution is -2.21. The van der Waals surface area contributed by atoms with Gasteiger partial charge in [0.05, 0.1) is 0 Å². The summed E-state index contributed by atoms with van der Waals surface area (Å²) in [5.74, 6) is 0.272. The van der Waals surface area contributed by atoms with Gasteiger partial charge in [0.15, 0.2) is 0 Å². The molecule has 98 valence electrons. The molecule has 0 aromatic heterocycles. The normalized spacial score (nSPS) is 16.4. The van der Waals surface area contributed by atoms with Gasteiger partial charge in [-0.3, -0.25) is 0 Å². The molecule has 0 heterocycles. The number of halogens is 2. The van der Waals surface area contributed by atoms with E-state index in [2.05, 4.69) is 41.2 Å². The summed E-state index contributed by atoms with van der Waals surface area (Å²) >= 11 is 3.47. The Morgan fingerprint density at radius 2 is 2.22 bits per heavy atom. The van der Waals surface area contributed by atoms with Gasteiger partial charge in [-0.1, -0.05) is 41.4 Å². The Hall–Kier alpha value is -0.670. The molecule has 2 rings (SSSR count). The van der Waals surface area contributed by atoms with Crippen molar-refractivity contribution in [2.75, 3.05) is 6.54 Å². The lowest BCUT2D eigenvalue weighted by Gasteiger charge is -2.13. The van der Waals surface area contributed by atoms with Crippen molar-refractivity contribution in [3.63, 3.8) is 0 Å². The molecule has 1 saturated carbocycles. The smallest absolute Gasteiger partial charge is 0.123 e. The van der Waals surface area contributed by atoms with Gasteiger partial charge in [0.25, 0.3) is 0 Å². The van der Waals surface area contributed by atoms with Crippen LogP contribution in [0.3, 0.4) is 0 Å². The average molecular weight is 312 g/mol. The molecule has 0 aliphatic heterocycles. The summed E-state index contributed by atoms with van der Waals surface area (Å²) in [7, 11) is 0. The minimum absolute atomic E-state index is 0.192. The molecule has 1 aromatic rings. The van der Waals surface area contributed by atoms with Crippen molar-refractivity contribution in [2.24, 2.45) is 5.92 Å². The first kappa shape index (κ1) is 13.8. The van der Waals surface area contributed by atoms with Gasteiger partial charge in [-0.25, -0.2) is 4.39 Å². The topological polar surface area (TPSA) is 12.0 Å². The van der Waals surface area contributed by atoms with Crippen LogP contribution >= 0.6 is 15.9 Å². The van der Waals surface area contributed by atoms with Crippen LogP contribution in [0.15, 0.2) is 28.2 Å². The summed E-state index contributed by atoms with van der Waals surface area (Å²) in [5.41, 5.74) is 2.23. The molecule has 0 saturated heterocycles. The molecular weight excluding hydrogens is 293 g/mol. The fraction of sp³-hybridized carbons (Fsp3) is 0.467. The molecule has 1 fully saturated rings. The largest absolute Gasteiger partial charge is 0.310 e. The highest BCUT2D eigenvalue weighted by Gasteiger charge is 2.20. The lowest BCUT2D eigenvalue weighted by atomic mass is 10.00. The summed E-state index contributed by atoms with van der Waals surface area (Å²) in [6, 6.07) is 5.50. The first-order chi connectivity index (χ1) is 8.56. The third-order valence-electron chi connectivity index (χ3n) is 3.21. The van der Waals surface area contributed by atoms with E-state index in [1.54, 1.807) is 12.1 Å². The summed E-state index contributed by atoms with van der Waals surface area (Å²) in [6.07, 6.45) is 4.66. The van der Waals surface area contributed by atoms with Crippen LogP contribution in [0.2, 0.25) is 0 Å². The van der Waals surface area contributed by atoms with Crippen molar-refractivity contribution in [1.29, 1.82) is 0 Å². The van der Waals surface area contributed by atoms with E-state index in [0.717, 1.165) is 16.6 Å². The van der Waals surface area contributed by atoms with Crippen LogP contribution in [-0.4, -0.2) is 12.6 Å². The van der Waals surface area contributed by atoms with Gasteiger partial charge in [-0.15, -0.1) is 0 Å². The second-order valence-electron chi connectivity index (χ2n) is 5.19. The van der Waals surface area contributed by atoms with Crippen molar-refractivity contribution in [3.05, 3.63) is 39.6 Å². The van der Waals surface area contributed by atoms with Crippen LogP contribution in [0.5, 0.6) is 0 Å². The predicted octanol–water partition coefficient (Wildman–Crippen LogP) is 4.38. The van der Waals surface area contributed by atoms with E-state index in [0.29, 0.717) is 12.0 Å². The van der Waals surface area contributed by atoms with E-state index in [9.17, 15) is 4.39 Å². The highest BCUT2D eigenvalue weighted by molar-refractivity contribution is 9.10. The Balaban J connectivity index is 2.16. The minimum atomic E-state index is -0.192.